The van der Waals surface area contributed by atoms with Crippen molar-refractivity contribution < 1.29 is 9.53 Å². The number of nitrogens with one attached hydrogen (secondary N) is 1. The highest BCUT2D eigenvalue weighted by molar-refractivity contribution is 5.94. The molecule has 2 aromatic rings. The van der Waals surface area contributed by atoms with E-state index in [0.29, 0.717) is 23.8 Å². The van der Waals surface area contributed by atoms with Crippen LogP contribution in [-0.4, -0.2) is 24.1 Å². The number of carbonyl (C=O) groups excluding carboxylic acids is 1. The molecule has 0 saturated carbocycles. The molecule has 5 nitrogen and oxygen atoms in total. The minimum Gasteiger partial charge on any atom is -0.467 e. The first-order valence-electron chi connectivity index (χ1n) is 7.00. The van der Waals surface area contributed by atoms with E-state index in [2.05, 4.69) is 24.1 Å². The number of hydrogen-bond acceptors (Lipinski definition) is 5. The van der Waals surface area contributed by atoms with Gasteiger partial charge in [-0.05, 0) is 42.0 Å². The second-order valence-corrected chi connectivity index (χ2v) is 5.49. The van der Waals surface area contributed by atoms with Gasteiger partial charge in [0.15, 0.2) is 0 Å². The SMILES string of the molecule is COC(=O)C(CC(C)C)Nc1nccc2cc(N)ccc12. The molecule has 3 N–H and O–H groups in total. The zero-order valence-electron chi connectivity index (χ0n) is 12.6. The van der Waals surface area contributed by atoms with E-state index in [9.17, 15) is 4.79 Å². The quantitative estimate of drug-likeness (QED) is 0.653. The maximum atomic E-state index is 11.9. The van der Waals surface area contributed by atoms with Crippen molar-refractivity contribution >= 4 is 28.2 Å². The molecule has 1 aromatic carbocycles. The zero-order valence-corrected chi connectivity index (χ0v) is 12.6. The first-order chi connectivity index (χ1) is 10.0. The third-order valence-corrected chi connectivity index (χ3v) is 3.29. The fourth-order valence-corrected chi connectivity index (χ4v) is 2.30. The summed E-state index contributed by atoms with van der Waals surface area (Å²) in [5.41, 5.74) is 6.50. The number of esters is 1. The second-order valence-electron chi connectivity index (χ2n) is 5.49. The lowest BCUT2D eigenvalue weighted by atomic mass is 10.0. The summed E-state index contributed by atoms with van der Waals surface area (Å²) >= 11 is 0. The van der Waals surface area contributed by atoms with Crippen LogP contribution in [0.5, 0.6) is 0 Å². The number of nitrogen functional groups attached to an aromatic ring is 1. The van der Waals surface area contributed by atoms with Crippen molar-refractivity contribution in [1.29, 1.82) is 0 Å². The predicted molar refractivity (Wildman–Crippen MR) is 85.0 cm³/mol. The van der Waals surface area contributed by atoms with Gasteiger partial charge in [0.05, 0.1) is 7.11 Å². The molecule has 0 spiro atoms. The van der Waals surface area contributed by atoms with E-state index in [0.717, 1.165) is 10.8 Å². The van der Waals surface area contributed by atoms with E-state index >= 15 is 0 Å². The van der Waals surface area contributed by atoms with Gasteiger partial charge >= 0.3 is 5.97 Å². The van der Waals surface area contributed by atoms with Gasteiger partial charge in [-0.2, -0.15) is 0 Å². The van der Waals surface area contributed by atoms with Crippen molar-refractivity contribution in [2.24, 2.45) is 5.92 Å². The number of nitrogens with two attached hydrogens (primary N) is 1. The summed E-state index contributed by atoms with van der Waals surface area (Å²) in [4.78, 5) is 16.3. The van der Waals surface area contributed by atoms with Gasteiger partial charge in [-0.25, -0.2) is 9.78 Å². The van der Waals surface area contributed by atoms with Crippen LogP contribution < -0.4 is 11.1 Å². The Hall–Kier alpha value is -2.30. The lowest BCUT2D eigenvalue weighted by Crippen LogP contribution is -2.32. The van der Waals surface area contributed by atoms with Gasteiger partial charge in [0, 0.05) is 17.3 Å². The van der Waals surface area contributed by atoms with E-state index in [4.69, 9.17) is 10.5 Å². The predicted octanol–water partition coefficient (Wildman–Crippen LogP) is 2.82. The van der Waals surface area contributed by atoms with E-state index in [1.54, 1.807) is 6.20 Å². The minimum absolute atomic E-state index is 0.280. The summed E-state index contributed by atoms with van der Waals surface area (Å²) in [5, 5.41) is 5.12. The molecule has 0 saturated heterocycles. The van der Waals surface area contributed by atoms with Crippen LogP contribution in [-0.2, 0) is 9.53 Å². The number of carbonyl (C=O) groups is 1. The van der Waals surface area contributed by atoms with Gasteiger partial charge in [0.25, 0.3) is 0 Å². The molecule has 0 radical (unpaired) electrons. The second kappa shape index (κ2) is 6.43. The molecular formula is C16H21N3O2. The number of benzene rings is 1. The van der Waals surface area contributed by atoms with Crippen LogP contribution in [0.25, 0.3) is 10.8 Å². The molecule has 0 aliphatic carbocycles. The summed E-state index contributed by atoms with van der Waals surface area (Å²) in [6.07, 6.45) is 2.38. The molecule has 0 aliphatic rings. The highest BCUT2D eigenvalue weighted by Crippen LogP contribution is 2.24. The summed E-state index contributed by atoms with van der Waals surface area (Å²) in [6, 6.07) is 7.10. The Morgan fingerprint density at radius 3 is 2.81 bits per heavy atom. The Morgan fingerprint density at radius 2 is 2.14 bits per heavy atom. The standard InChI is InChI=1S/C16H21N3O2/c1-10(2)8-14(16(20)21-3)19-15-13-5-4-12(17)9-11(13)6-7-18-15/h4-7,9-10,14H,8,17H2,1-3H3,(H,18,19). The Bertz CT molecular complexity index is 640. The molecule has 1 aromatic heterocycles. The molecule has 21 heavy (non-hydrogen) atoms. The van der Waals surface area contributed by atoms with Gasteiger partial charge in [0.1, 0.15) is 11.9 Å². The lowest BCUT2D eigenvalue weighted by molar-refractivity contribution is -0.141. The van der Waals surface area contributed by atoms with E-state index in [1.165, 1.54) is 7.11 Å². The van der Waals surface area contributed by atoms with Gasteiger partial charge in [-0.1, -0.05) is 13.8 Å². The number of rotatable bonds is 5. The molecule has 0 bridgehead atoms. The van der Waals surface area contributed by atoms with E-state index in [1.807, 2.05) is 24.3 Å². The highest BCUT2D eigenvalue weighted by Gasteiger charge is 2.21. The van der Waals surface area contributed by atoms with Crippen LogP contribution in [0.1, 0.15) is 20.3 Å². The number of ether oxygens (including phenoxy) is 1. The molecule has 112 valence electrons. The number of pyridine rings is 1. The molecule has 5 heteroatoms. The molecule has 2 rings (SSSR count). The third-order valence-electron chi connectivity index (χ3n) is 3.29. The average molecular weight is 287 g/mol. The molecule has 0 amide bonds. The molecule has 0 aliphatic heterocycles. The van der Waals surface area contributed by atoms with Crippen LogP contribution in [0.2, 0.25) is 0 Å². The maximum Gasteiger partial charge on any atom is 0.328 e. The topological polar surface area (TPSA) is 77.2 Å². The maximum absolute atomic E-state index is 11.9. The number of aromatic nitrogens is 1. The van der Waals surface area contributed by atoms with Gasteiger partial charge < -0.3 is 15.8 Å². The molecule has 0 fully saturated rings. The summed E-state index contributed by atoms with van der Waals surface area (Å²) < 4.78 is 4.87. The van der Waals surface area contributed by atoms with Crippen LogP contribution in [0, 0.1) is 5.92 Å². The van der Waals surface area contributed by atoms with Crippen molar-refractivity contribution in [3.05, 3.63) is 30.5 Å². The molecule has 1 unspecified atom stereocenters. The lowest BCUT2D eigenvalue weighted by Gasteiger charge is -2.19. The molecular weight excluding hydrogens is 266 g/mol. The van der Waals surface area contributed by atoms with Crippen LogP contribution in [0.15, 0.2) is 30.5 Å². The molecule has 1 heterocycles. The van der Waals surface area contributed by atoms with E-state index in [-0.39, 0.29) is 5.97 Å². The van der Waals surface area contributed by atoms with Crippen LogP contribution in [0.4, 0.5) is 11.5 Å². The first kappa shape index (κ1) is 15.1. The number of anilines is 2. The number of fused-ring (bicyclic) bond motifs is 1. The van der Waals surface area contributed by atoms with Crippen molar-refractivity contribution in [2.75, 3.05) is 18.2 Å². The average Bonchev–Trinajstić information content (AvgIpc) is 2.45. The van der Waals surface area contributed by atoms with Crippen LogP contribution >= 0.6 is 0 Å². The van der Waals surface area contributed by atoms with Crippen molar-refractivity contribution in [3.63, 3.8) is 0 Å². The largest absolute Gasteiger partial charge is 0.467 e. The molecule has 1 atom stereocenters. The van der Waals surface area contributed by atoms with Crippen molar-refractivity contribution in [2.45, 2.75) is 26.3 Å². The Labute approximate surface area is 124 Å². The smallest absolute Gasteiger partial charge is 0.328 e. The summed E-state index contributed by atoms with van der Waals surface area (Å²) in [6.45, 7) is 4.13. The Morgan fingerprint density at radius 1 is 1.38 bits per heavy atom. The summed E-state index contributed by atoms with van der Waals surface area (Å²) in [5.74, 6) is 0.758. The minimum atomic E-state index is -0.411. The fraction of sp³-hybridized carbons (Fsp3) is 0.375. The number of nitrogens with zero attached hydrogens (tertiary/aromatic N) is 1. The van der Waals surface area contributed by atoms with Gasteiger partial charge in [-0.3, -0.25) is 0 Å². The van der Waals surface area contributed by atoms with E-state index < -0.39 is 6.04 Å². The number of methoxy groups -OCH3 is 1. The first-order valence-corrected chi connectivity index (χ1v) is 7.00. The monoisotopic (exact) mass is 287 g/mol. The van der Waals surface area contributed by atoms with Crippen molar-refractivity contribution in [1.82, 2.24) is 4.98 Å². The Kier molecular flexibility index (Phi) is 4.62. The van der Waals surface area contributed by atoms with Gasteiger partial charge in [0.2, 0.25) is 0 Å². The normalized spacial score (nSPS) is 12.4. The summed E-state index contributed by atoms with van der Waals surface area (Å²) in [7, 11) is 1.40. The van der Waals surface area contributed by atoms with Crippen LogP contribution in [0.3, 0.4) is 0 Å². The van der Waals surface area contributed by atoms with Crippen molar-refractivity contribution in [3.8, 4) is 0 Å². The highest BCUT2D eigenvalue weighted by atomic mass is 16.5. The van der Waals surface area contributed by atoms with Gasteiger partial charge in [-0.15, -0.1) is 0 Å². The Balaban J connectivity index is 2.34. The fourth-order valence-electron chi connectivity index (χ4n) is 2.30. The number of hydrogen-bond donors (Lipinski definition) is 2. The zero-order chi connectivity index (χ0) is 15.4. The third kappa shape index (κ3) is 3.62.